The number of nitrogens with zero attached hydrogens (tertiary/aromatic N) is 4. The average Bonchev–Trinajstić information content (AvgIpc) is 3.91. The van der Waals surface area contributed by atoms with Gasteiger partial charge in [-0.3, -0.25) is 9.59 Å². The zero-order valence-electron chi connectivity index (χ0n) is 51.6. The molecule has 8 rings (SSSR count). The van der Waals surface area contributed by atoms with E-state index in [4.69, 9.17) is 42.0 Å². The largest absolute Gasteiger partial charge is 0.482 e. The number of hydrogen-bond acceptors (Lipinski definition) is 12. The molecule has 21 heteroatoms. The highest BCUT2D eigenvalue weighted by molar-refractivity contribution is 6.48. The third-order valence-electron chi connectivity index (χ3n) is 16.4. The van der Waals surface area contributed by atoms with E-state index in [0.29, 0.717) is 56.7 Å². The molecule has 18 nitrogen and oxygen atoms in total. The number of hydrogen-bond donors (Lipinski definition) is 6. The van der Waals surface area contributed by atoms with Gasteiger partial charge in [-0.15, -0.1) is 0 Å². The summed E-state index contributed by atoms with van der Waals surface area (Å²) in [5.41, 5.74) is 3.79. The van der Waals surface area contributed by atoms with E-state index >= 15 is 0 Å². The van der Waals surface area contributed by atoms with Crippen LogP contribution >= 0.6 is 0 Å². The number of nitrogens with one attached hydrogen (secondary N) is 2. The summed E-state index contributed by atoms with van der Waals surface area (Å²) in [5, 5.41) is 41.5. The van der Waals surface area contributed by atoms with Crippen LogP contribution in [0.25, 0.3) is 9.69 Å². The van der Waals surface area contributed by atoms with E-state index < -0.39 is 45.4 Å². The van der Waals surface area contributed by atoms with Crippen molar-refractivity contribution in [3.05, 3.63) is 117 Å². The fraction of sp³-hybridized carbons (Fsp3) is 0.645. The highest BCUT2D eigenvalue weighted by Gasteiger charge is 2.68. The molecular weight excluding hydrogens is 1050 g/mol. The number of piperidine rings is 2. The molecule has 0 aromatic heterocycles. The minimum atomic E-state index is -1.73. The normalized spacial score (nSPS) is 23.7. The van der Waals surface area contributed by atoms with Crippen LogP contribution in [0.5, 0.6) is 0 Å². The monoisotopic (exact) mass is 1150 g/mol. The van der Waals surface area contributed by atoms with Crippen LogP contribution in [0.3, 0.4) is 0 Å². The van der Waals surface area contributed by atoms with Crippen LogP contribution in [0, 0.1) is 72.8 Å². The van der Waals surface area contributed by atoms with Gasteiger partial charge in [0.25, 0.3) is 11.8 Å². The summed E-state index contributed by atoms with van der Waals surface area (Å²) >= 11 is 0. The molecule has 0 radical (unpaired) electrons. The number of carbonyl (C=O) groups is 4. The van der Waals surface area contributed by atoms with E-state index in [1.807, 2.05) is 86.6 Å². The molecule has 2 aromatic carbocycles. The van der Waals surface area contributed by atoms with Gasteiger partial charge in [-0.05, 0) is 124 Å². The standard InChI is InChI=1S/C34H48BN3O5.C24H34BN3O5.C4H11BO2/c1-22-11-13-23(14-12-22)16-29(35-42-28-18-25-17-27(33(25,5)6)34(28,7)43-35)37-31(40)41-21-24-10-9-15-38(20-24)30(39)26(36-8)19-32(2,3)4;1-17-8-10-18(11-9-17)13-21(25(31)32)27-23(30)33-16-19-7-6-12-28(15-19)22(29)20(26-5)14-24(2,3)4;1-4(2)3-5(6)7/h11-14,19,24-25,27-29H,9-10,15-18,20-21H2,1-7H3,(H,37,40);8-11,14,19,21,31-32H,6-7,12-13,15-16H2,1-4H3,(H,27,30);4,6-7H,3H2,1-2H3/t24-,25-,27-,28+,29-,34-;19-,21-;/m00./s1. The third kappa shape index (κ3) is 20.5. The molecule has 8 atom stereocenters. The summed E-state index contributed by atoms with van der Waals surface area (Å²) in [7, 11) is -3.42. The number of rotatable bonds is 16. The van der Waals surface area contributed by atoms with E-state index in [0.717, 1.165) is 48.8 Å². The van der Waals surface area contributed by atoms with Gasteiger partial charge in [-0.1, -0.05) is 141 Å². The molecule has 6 N–H and O–H groups in total. The summed E-state index contributed by atoms with van der Waals surface area (Å²) < 4.78 is 24.4. The lowest BCUT2D eigenvalue weighted by atomic mass is 9.43. The van der Waals surface area contributed by atoms with E-state index in [2.05, 4.69) is 72.3 Å². The van der Waals surface area contributed by atoms with Gasteiger partial charge in [0.2, 0.25) is 11.4 Å². The lowest BCUT2D eigenvalue weighted by Gasteiger charge is -2.64. The van der Waals surface area contributed by atoms with E-state index in [-0.39, 0.29) is 82.6 Å². The number of benzene rings is 2. The van der Waals surface area contributed by atoms with E-state index in [9.17, 15) is 29.2 Å². The Balaban J connectivity index is 0.000000280. The molecule has 0 spiro atoms. The number of amides is 4. The molecule has 2 aromatic rings. The van der Waals surface area contributed by atoms with Crippen molar-refractivity contribution in [2.75, 3.05) is 39.4 Å². The molecule has 2 bridgehead atoms. The molecule has 6 aliphatic rings. The van der Waals surface area contributed by atoms with Crippen LogP contribution in [0.2, 0.25) is 6.32 Å². The minimum absolute atomic E-state index is 0.00964. The number of aryl methyl sites for hydroxylation is 2. The quantitative estimate of drug-likeness (QED) is 0.0527. The maximum Gasteiger partial charge on any atom is 0.482 e. The molecule has 452 valence electrons. The van der Waals surface area contributed by atoms with Gasteiger partial charge in [0.15, 0.2) is 0 Å². The highest BCUT2D eigenvalue weighted by Crippen LogP contribution is 2.65. The van der Waals surface area contributed by atoms with Crippen molar-refractivity contribution in [2.24, 2.45) is 45.8 Å². The Hall–Kier alpha value is -5.67. The predicted molar refractivity (Wildman–Crippen MR) is 323 cm³/mol. The molecule has 3 saturated heterocycles. The second-order valence-corrected chi connectivity index (χ2v) is 27.0. The molecule has 83 heavy (non-hydrogen) atoms. The number of likely N-dealkylation sites (tertiary alicyclic amines) is 2. The Morgan fingerprint density at radius 3 is 1.60 bits per heavy atom. The number of alkyl carbamates (subject to hydrolysis) is 2. The van der Waals surface area contributed by atoms with Crippen molar-refractivity contribution in [2.45, 2.75) is 171 Å². The molecule has 0 unspecified atom stereocenters. The second kappa shape index (κ2) is 29.9. The first kappa shape index (κ1) is 68.1. The van der Waals surface area contributed by atoms with Gasteiger partial charge in [-0.25, -0.2) is 19.3 Å². The Labute approximate surface area is 495 Å². The fourth-order valence-corrected chi connectivity index (χ4v) is 11.9. The van der Waals surface area contributed by atoms with Gasteiger partial charge in [0.1, 0.15) is 0 Å². The van der Waals surface area contributed by atoms with Crippen molar-refractivity contribution in [1.82, 2.24) is 20.4 Å². The van der Waals surface area contributed by atoms with Crippen LogP contribution in [-0.4, -0.2) is 138 Å². The molecule has 4 amide bonds. The van der Waals surface area contributed by atoms with Crippen LogP contribution in [0.15, 0.2) is 72.1 Å². The first-order valence-electron chi connectivity index (χ1n) is 29.6. The summed E-state index contributed by atoms with van der Waals surface area (Å²) in [6.45, 7) is 43.7. The topological polar surface area (TPSA) is 225 Å². The predicted octanol–water partition coefficient (Wildman–Crippen LogP) is 8.84. The minimum Gasteiger partial charge on any atom is -0.449 e. The van der Waals surface area contributed by atoms with Crippen LogP contribution in [0.4, 0.5) is 9.59 Å². The summed E-state index contributed by atoms with van der Waals surface area (Å²) in [6.07, 6.45) is 8.83. The SMILES string of the molecule is CC(C)CB(O)O.[C-]#[N+]C(=CC(C)(C)C)C(=O)N1CCC[C@H](COC(=O)N[C@@H](Cc2ccc(C)cc2)B(O)O)C1.[C-]#[N+]C(=CC(C)(C)C)C(=O)N1CCC[C@H](COC(=O)N[C@@H](Cc2ccc(C)cc2)B2O[C@@H]3C[C@@H]4C[C@@H](C4(C)C)[C@]3(C)O2)C1. The fourth-order valence-electron chi connectivity index (χ4n) is 11.9. The smallest absolute Gasteiger partial charge is 0.449 e. The van der Waals surface area contributed by atoms with Crippen LogP contribution < -0.4 is 10.6 Å². The highest BCUT2D eigenvalue weighted by atomic mass is 16.7. The van der Waals surface area contributed by atoms with Crippen molar-refractivity contribution in [3.63, 3.8) is 0 Å². The Bertz CT molecular complexity index is 2640. The lowest BCUT2D eigenvalue weighted by molar-refractivity contribution is -0.199. The molecule has 3 heterocycles. The molecule has 6 fully saturated rings. The average molecular weight is 1150 g/mol. The Morgan fingerprint density at radius 2 is 1.20 bits per heavy atom. The first-order chi connectivity index (χ1) is 38.8. The third-order valence-corrected chi connectivity index (χ3v) is 16.4. The van der Waals surface area contributed by atoms with E-state index in [1.54, 1.807) is 22.0 Å². The molecular formula is C62H93B3N6O12. The zero-order chi connectivity index (χ0) is 61.6. The summed E-state index contributed by atoms with van der Waals surface area (Å²) in [4.78, 5) is 61.6. The lowest BCUT2D eigenvalue weighted by Crippen LogP contribution is -2.65. The zero-order valence-corrected chi connectivity index (χ0v) is 51.6. The first-order valence-corrected chi connectivity index (χ1v) is 29.6. The van der Waals surface area contributed by atoms with E-state index in [1.165, 1.54) is 12.0 Å². The molecule has 3 aliphatic carbocycles. The van der Waals surface area contributed by atoms with Crippen molar-refractivity contribution < 1.29 is 58.1 Å². The van der Waals surface area contributed by atoms with Crippen molar-refractivity contribution in [1.29, 1.82) is 0 Å². The molecule has 3 saturated carbocycles. The van der Waals surface area contributed by atoms with Crippen LogP contribution in [-0.2, 0) is 41.2 Å². The van der Waals surface area contributed by atoms with Crippen molar-refractivity contribution in [3.8, 4) is 0 Å². The maximum atomic E-state index is 13.2. The number of ether oxygens (including phenoxy) is 2. The van der Waals surface area contributed by atoms with Gasteiger partial charge in [0, 0.05) is 38.0 Å². The number of carbonyl (C=O) groups excluding carboxylic acids is 4. The second-order valence-electron chi connectivity index (χ2n) is 27.0. The van der Waals surface area contributed by atoms with Gasteiger partial charge in [-0.2, -0.15) is 0 Å². The van der Waals surface area contributed by atoms with Gasteiger partial charge < -0.3 is 59.3 Å². The van der Waals surface area contributed by atoms with Crippen molar-refractivity contribution >= 4 is 45.4 Å². The van der Waals surface area contributed by atoms with Crippen LogP contribution in [0.1, 0.15) is 137 Å². The Kier molecular flexibility index (Phi) is 24.6. The molecule has 3 aliphatic heterocycles. The Morgan fingerprint density at radius 1 is 0.747 bits per heavy atom. The maximum absolute atomic E-state index is 13.2. The van der Waals surface area contributed by atoms with Gasteiger partial charge >= 0.3 is 33.5 Å². The van der Waals surface area contributed by atoms with Gasteiger partial charge in [0.05, 0.1) is 49.9 Å². The summed E-state index contributed by atoms with van der Waals surface area (Å²) in [5.74, 6) is -0.457. The summed E-state index contributed by atoms with van der Waals surface area (Å²) in [6, 6.07) is 15.9. The number of allylic oxidation sites excluding steroid dienone is 2.